The molecule has 1 fully saturated rings. The van der Waals surface area contributed by atoms with Crippen molar-refractivity contribution >= 4 is 5.91 Å². The molecule has 0 aliphatic heterocycles. The quantitative estimate of drug-likeness (QED) is 0.540. The molecule has 6 heteroatoms. The number of rotatable bonds is 8. The second kappa shape index (κ2) is 8.90. The summed E-state index contributed by atoms with van der Waals surface area (Å²) in [7, 11) is 0. The molecule has 0 aromatic carbocycles. The summed E-state index contributed by atoms with van der Waals surface area (Å²) in [6.07, 6.45) is 10.2. The third-order valence-electron chi connectivity index (χ3n) is 4.51. The molecule has 1 saturated carbocycles. The van der Waals surface area contributed by atoms with Gasteiger partial charge in [-0.2, -0.15) is 0 Å². The van der Waals surface area contributed by atoms with Crippen molar-refractivity contribution in [2.45, 2.75) is 63.5 Å². The Labute approximate surface area is 131 Å². The lowest BCUT2D eigenvalue weighted by atomic mass is 9.80. The lowest BCUT2D eigenvalue weighted by Crippen LogP contribution is -2.44. The van der Waals surface area contributed by atoms with E-state index in [2.05, 4.69) is 15.3 Å². The fourth-order valence-electron chi connectivity index (χ4n) is 3.16. The minimum atomic E-state index is -0.367. The maximum absolute atomic E-state index is 11.8. The summed E-state index contributed by atoms with van der Waals surface area (Å²) < 4.78 is 0. The maximum atomic E-state index is 11.8. The van der Waals surface area contributed by atoms with Crippen LogP contribution in [0.5, 0.6) is 0 Å². The molecule has 6 nitrogen and oxygen atoms in total. The first-order valence-corrected chi connectivity index (χ1v) is 8.35. The number of aliphatic hydroxyl groups is 1. The largest absolute Gasteiger partial charge is 0.392 e. The third-order valence-corrected chi connectivity index (χ3v) is 4.51. The van der Waals surface area contributed by atoms with Gasteiger partial charge in [0.1, 0.15) is 5.82 Å². The van der Waals surface area contributed by atoms with Crippen molar-refractivity contribution < 1.29 is 9.90 Å². The topological polar surface area (TPSA) is 104 Å². The Morgan fingerprint density at radius 2 is 2.32 bits per heavy atom. The van der Waals surface area contributed by atoms with E-state index in [9.17, 15) is 9.90 Å². The van der Waals surface area contributed by atoms with Gasteiger partial charge in [-0.25, -0.2) is 4.98 Å². The standard InChI is InChI=1S/C16H28N4O2/c17-16-12(4-1-6-13(16)21)5-2-8-15(22)20-9-3-7-14-18-10-11-19-14/h10-13,16,21H,1-9,17H2,(H,18,19)(H,20,22)/t12?,13?,16-/m1/s1. The lowest BCUT2D eigenvalue weighted by molar-refractivity contribution is -0.121. The van der Waals surface area contributed by atoms with Gasteiger partial charge >= 0.3 is 0 Å². The summed E-state index contributed by atoms with van der Waals surface area (Å²) in [5.74, 6) is 1.42. The Morgan fingerprint density at radius 1 is 1.45 bits per heavy atom. The van der Waals surface area contributed by atoms with E-state index < -0.39 is 0 Å². The molecule has 1 aromatic heterocycles. The number of aromatic amines is 1. The predicted octanol–water partition coefficient (Wildman–Crippen LogP) is 1.12. The van der Waals surface area contributed by atoms with Gasteiger partial charge in [-0.15, -0.1) is 0 Å². The van der Waals surface area contributed by atoms with Gasteiger partial charge in [0, 0.05) is 37.8 Å². The normalized spacial score (nSPS) is 25.1. The number of aromatic nitrogens is 2. The van der Waals surface area contributed by atoms with Crippen LogP contribution in [0.25, 0.3) is 0 Å². The zero-order chi connectivity index (χ0) is 15.8. The zero-order valence-corrected chi connectivity index (χ0v) is 13.1. The summed E-state index contributed by atoms with van der Waals surface area (Å²) in [5.41, 5.74) is 6.02. The van der Waals surface area contributed by atoms with Gasteiger partial charge in [0.05, 0.1) is 6.10 Å². The van der Waals surface area contributed by atoms with Crippen molar-refractivity contribution in [1.82, 2.24) is 15.3 Å². The zero-order valence-electron chi connectivity index (χ0n) is 13.1. The monoisotopic (exact) mass is 308 g/mol. The molecule has 0 saturated heterocycles. The summed E-state index contributed by atoms with van der Waals surface area (Å²) in [6.45, 7) is 0.682. The molecule has 3 atom stereocenters. The summed E-state index contributed by atoms with van der Waals surface area (Å²) in [5, 5.41) is 12.7. The number of amides is 1. The molecule has 5 N–H and O–H groups in total. The van der Waals surface area contributed by atoms with Gasteiger partial charge < -0.3 is 21.1 Å². The minimum Gasteiger partial charge on any atom is -0.392 e. The van der Waals surface area contributed by atoms with Gasteiger partial charge in [0.25, 0.3) is 0 Å². The first-order chi connectivity index (χ1) is 10.7. The summed E-state index contributed by atoms with van der Waals surface area (Å²) in [4.78, 5) is 19.0. The highest BCUT2D eigenvalue weighted by Gasteiger charge is 2.28. The van der Waals surface area contributed by atoms with Crippen molar-refractivity contribution in [3.8, 4) is 0 Å². The van der Waals surface area contributed by atoms with Crippen LogP contribution in [0.4, 0.5) is 0 Å². The van der Waals surface area contributed by atoms with Crippen molar-refractivity contribution in [3.63, 3.8) is 0 Å². The van der Waals surface area contributed by atoms with Crippen LogP contribution in [-0.4, -0.2) is 39.7 Å². The number of nitrogens with one attached hydrogen (secondary N) is 2. The van der Waals surface area contributed by atoms with Crippen LogP contribution < -0.4 is 11.1 Å². The highest BCUT2D eigenvalue weighted by molar-refractivity contribution is 5.75. The smallest absolute Gasteiger partial charge is 0.219 e. The number of imidazole rings is 1. The number of H-pyrrole nitrogens is 1. The molecule has 1 aliphatic rings. The Hall–Kier alpha value is -1.40. The Morgan fingerprint density at radius 3 is 3.09 bits per heavy atom. The van der Waals surface area contributed by atoms with Gasteiger partial charge in [-0.3, -0.25) is 4.79 Å². The van der Waals surface area contributed by atoms with Gasteiger partial charge in [-0.05, 0) is 38.0 Å². The Bertz CT molecular complexity index is 435. The average molecular weight is 308 g/mol. The molecule has 1 aromatic rings. The van der Waals surface area contributed by atoms with Crippen LogP contribution in [-0.2, 0) is 11.2 Å². The van der Waals surface area contributed by atoms with Crippen LogP contribution >= 0.6 is 0 Å². The van der Waals surface area contributed by atoms with Crippen LogP contribution in [0.15, 0.2) is 12.4 Å². The van der Waals surface area contributed by atoms with E-state index in [1.165, 1.54) is 0 Å². The van der Waals surface area contributed by atoms with Crippen LogP contribution in [0, 0.1) is 5.92 Å². The Kier molecular flexibility index (Phi) is 6.86. The number of hydrogen-bond donors (Lipinski definition) is 4. The van der Waals surface area contributed by atoms with E-state index in [0.29, 0.717) is 18.9 Å². The van der Waals surface area contributed by atoms with E-state index in [0.717, 1.165) is 50.8 Å². The molecular formula is C16H28N4O2. The molecule has 0 spiro atoms. The number of nitrogens with two attached hydrogens (primary N) is 1. The molecule has 22 heavy (non-hydrogen) atoms. The van der Waals surface area contributed by atoms with E-state index >= 15 is 0 Å². The number of hydrogen-bond acceptors (Lipinski definition) is 4. The summed E-state index contributed by atoms with van der Waals surface area (Å²) in [6, 6.07) is -0.120. The highest BCUT2D eigenvalue weighted by Crippen LogP contribution is 2.27. The van der Waals surface area contributed by atoms with Crippen molar-refractivity contribution in [2.75, 3.05) is 6.54 Å². The minimum absolute atomic E-state index is 0.101. The summed E-state index contributed by atoms with van der Waals surface area (Å²) >= 11 is 0. The van der Waals surface area contributed by atoms with Crippen molar-refractivity contribution in [3.05, 3.63) is 18.2 Å². The van der Waals surface area contributed by atoms with Crippen LogP contribution in [0.2, 0.25) is 0 Å². The average Bonchev–Trinajstić information content (AvgIpc) is 3.01. The molecule has 2 rings (SSSR count). The van der Waals surface area contributed by atoms with Gasteiger partial charge in [0.15, 0.2) is 0 Å². The molecule has 0 radical (unpaired) electrons. The number of aliphatic hydroxyl groups excluding tert-OH is 1. The molecule has 0 bridgehead atoms. The van der Waals surface area contributed by atoms with E-state index in [4.69, 9.17) is 5.73 Å². The lowest BCUT2D eigenvalue weighted by Gasteiger charge is -2.32. The van der Waals surface area contributed by atoms with Crippen LogP contribution in [0.1, 0.15) is 50.8 Å². The number of carbonyl (C=O) groups is 1. The van der Waals surface area contributed by atoms with Crippen LogP contribution in [0.3, 0.4) is 0 Å². The van der Waals surface area contributed by atoms with Gasteiger partial charge in [-0.1, -0.05) is 6.42 Å². The van der Waals surface area contributed by atoms with Gasteiger partial charge in [0.2, 0.25) is 5.91 Å². The second-order valence-corrected chi connectivity index (χ2v) is 6.22. The Balaban J connectivity index is 1.52. The third kappa shape index (κ3) is 5.42. The van der Waals surface area contributed by atoms with E-state index in [1.807, 2.05) is 0 Å². The van der Waals surface area contributed by atoms with Crippen molar-refractivity contribution in [1.29, 1.82) is 0 Å². The molecule has 1 amide bonds. The number of aryl methyl sites for hydroxylation is 1. The molecule has 1 heterocycles. The van der Waals surface area contributed by atoms with Crippen molar-refractivity contribution in [2.24, 2.45) is 11.7 Å². The second-order valence-electron chi connectivity index (χ2n) is 6.22. The highest BCUT2D eigenvalue weighted by atomic mass is 16.3. The molecule has 2 unspecified atom stereocenters. The molecular weight excluding hydrogens is 280 g/mol. The number of carbonyl (C=O) groups excluding carboxylic acids is 1. The first-order valence-electron chi connectivity index (χ1n) is 8.35. The first kappa shape index (κ1) is 17.0. The fraction of sp³-hybridized carbons (Fsp3) is 0.750. The molecule has 1 aliphatic carbocycles. The maximum Gasteiger partial charge on any atom is 0.219 e. The molecule has 124 valence electrons. The van der Waals surface area contributed by atoms with E-state index in [-0.39, 0.29) is 18.1 Å². The fourth-order valence-corrected chi connectivity index (χ4v) is 3.16. The number of nitrogens with zero attached hydrogens (tertiary/aromatic N) is 1. The van der Waals surface area contributed by atoms with E-state index in [1.54, 1.807) is 12.4 Å². The SMILES string of the molecule is N[C@H]1C(O)CCCC1CCCC(=O)NCCCc1ncc[nH]1. The predicted molar refractivity (Wildman–Crippen MR) is 85.1 cm³/mol.